The summed E-state index contributed by atoms with van der Waals surface area (Å²) < 4.78 is 15.3. The third-order valence-electron chi connectivity index (χ3n) is 3.98. The maximum Gasteiger partial charge on any atom is 0.187 e. The molecule has 11 heteroatoms. The zero-order valence-corrected chi connectivity index (χ0v) is 12.0. The summed E-state index contributed by atoms with van der Waals surface area (Å²) in [6.45, 7) is -1.35. The summed E-state index contributed by atoms with van der Waals surface area (Å²) in [5.74, 6) is 0. The lowest BCUT2D eigenvalue weighted by Crippen LogP contribution is -2.64. The van der Waals surface area contributed by atoms with Crippen molar-refractivity contribution < 1.29 is 55.1 Å². The van der Waals surface area contributed by atoms with Gasteiger partial charge in [-0.1, -0.05) is 0 Å². The molecule has 2 saturated heterocycles. The van der Waals surface area contributed by atoms with Gasteiger partial charge in [-0.25, -0.2) is 0 Å². The summed E-state index contributed by atoms with van der Waals surface area (Å²) >= 11 is 0. The van der Waals surface area contributed by atoms with Crippen LogP contribution in [-0.4, -0.2) is 115 Å². The Balaban J connectivity index is 2.11. The van der Waals surface area contributed by atoms with Gasteiger partial charge in [0.25, 0.3) is 0 Å². The molecule has 1 unspecified atom stereocenters. The van der Waals surface area contributed by atoms with Crippen molar-refractivity contribution in [2.45, 2.75) is 61.4 Å². The fourth-order valence-corrected chi connectivity index (χ4v) is 2.57. The summed E-state index contributed by atoms with van der Waals surface area (Å²) in [6, 6.07) is 0. The molecule has 0 radical (unpaired) electrons. The Morgan fingerprint density at radius 1 is 0.652 bits per heavy atom. The second-order valence-corrected chi connectivity index (χ2v) is 5.53. The predicted molar refractivity (Wildman–Crippen MR) is 68.6 cm³/mol. The molecule has 11 nitrogen and oxygen atoms in total. The highest BCUT2D eigenvalue weighted by Gasteiger charge is 2.50. The van der Waals surface area contributed by atoms with Gasteiger partial charge in [0.2, 0.25) is 0 Å². The quantitative estimate of drug-likeness (QED) is 0.243. The molecule has 0 aromatic heterocycles. The van der Waals surface area contributed by atoms with Crippen LogP contribution in [0.2, 0.25) is 0 Å². The van der Waals surface area contributed by atoms with Crippen LogP contribution in [0.15, 0.2) is 0 Å². The lowest BCUT2D eigenvalue weighted by Gasteiger charge is -2.45. The summed E-state index contributed by atoms with van der Waals surface area (Å²) in [7, 11) is 0. The van der Waals surface area contributed by atoms with E-state index in [1.54, 1.807) is 0 Å². The van der Waals surface area contributed by atoms with Crippen molar-refractivity contribution in [1.82, 2.24) is 0 Å². The topological polar surface area (TPSA) is 190 Å². The molecule has 23 heavy (non-hydrogen) atoms. The molecule has 2 aliphatic rings. The molecule has 0 aromatic rings. The van der Waals surface area contributed by atoms with Crippen molar-refractivity contribution >= 4 is 0 Å². The molecular formula is C12H22O11. The number of ether oxygens (including phenoxy) is 3. The van der Waals surface area contributed by atoms with E-state index in [0.29, 0.717) is 0 Å². The normalized spacial score (nSPS) is 51.7. The largest absolute Gasteiger partial charge is 0.394 e. The van der Waals surface area contributed by atoms with Crippen molar-refractivity contribution in [3.8, 4) is 0 Å². The molecule has 0 saturated carbocycles. The molecule has 2 heterocycles. The number of hydrogen-bond acceptors (Lipinski definition) is 11. The monoisotopic (exact) mass is 342 g/mol. The summed E-state index contributed by atoms with van der Waals surface area (Å²) in [5, 5.41) is 76.5. The molecule has 10 atom stereocenters. The Bertz CT molecular complexity index is 378. The third-order valence-corrected chi connectivity index (χ3v) is 3.98. The van der Waals surface area contributed by atoms with Gasteiger partial charge >= 0.3 is 0 Å². The molecule has 0 aromatic carbocycles. The van der Waals surface area contributed by atoms with Gasteiger partial charge in [0, 0.05) is 0 Å². The Hall–Kier alpha value is -0.440. The van der Waals surface area contributed by atoms with Gasteiger partial charge in [0.15, 0.2) is 12.6 Å². The second kappa shape index (κ2) is 7.63. The first kappa shape index (κ1) is 18.9. The molecule has 2 aliphatic heterocycles. The first-order valence-corrected chi connectivity index (χ1v) is 7.08. The lowest BCUT2D eigenvalue weighted by molar-refractivity contribution is -0.355. The van der Waals surface area contributed by atoms with Crippen LogP contribution >= 0.6 is 0 Å². The van der Waals surface area contributed by atoms with E-state index in [2.05, 4.69) is 0 Å². The average molecular weight is 342 g/mol. The van der Waals surface area contributed by atoms with Crippen LogP contribution in [0, 0.1) is 0 Å². The van der Waals surface area contributed by atoms with E-state index < -0.39 is 74.6 Å². The average Bonchev–Trinajstić information content (AvgIpc) is 2.55. The predicted octanol–water partition coefficient (Wildman–Crippen LogP) is -5.40. The van der Waals surface area contributed by atoms with Crippen LogP contribution in [0.4, 0.5) is 0 Å². The van der Waals surface area contributed by atoms with E-state index in [4.69, 9.17) is 19.3 Å². The highest BCUT2D eigenvalue weighted by atomic mass is 16.7. The molecule has 136 valence electrons. The molecule has 0 aliphatic carbocycles. The number of aliphatic hydroxyl groups is 8. The molecular weight excluding hydrogens is 320 g/mol. The maximum absolute atomic E-state index is 9.94. The third kappa shape index (κ3) is 3.65. The van der Waals surface area contributed by atoms with Crippen molar-refractivity contribution in [2.75, 3.05) is 13.2 Å². The summed E-state index contributed by atoms with van der Waals surface area (Å²) in [5.41, 5.74) is 0. The first-order valence-electron chi connectivity index (χ1n) is 7.08. The van der Waals surface area contributed by atoms with Crippen molar-refractivity contribution in [3.05, 3.63) is 0 Å². The Morgan fingerprint density at radius 2 is 1.26 bits per heavy atom. The summed E-state index contributed by atoms with van der Waals surface area (Å²) in [4.78, 5) is 0. The minimum atomic E-state index is -1.74. The van der Waals surface area contributed by atoms with Crippen LogP contribution in [0.3, 0.4) is 0 Å². The van der Waals surface area contributed by atoms with Gasteiger partial charge in [0.05, 0.1) is 13.2 Å². The standard InChI is InChI=1S/C12H22O11/c13-1-3-5(15)6(16)9(19)12(22-3)23-10-4(2-14)21-11(20)8(18)7(10)17/h3-20H,1-2H2/t3-,4-,5+,6+,7-,8-,9-,10?,11+,12-/m1/s1. The van der Waals surface area contributed by atoms with E-state index in [1.165, 1.54) is 0 Å². The van der Waals surface area contributed by atoms with Crippen LogP contribution in [0.5, 0.6) is 0 Å². The zero-order valence-electron chi connectivity index (χ0n) is 12.0. The van der Waals surface area contributed by atoms with Gasteiger partial charge in [0.1, 0.15) is 48.8 Å². The van der Waals surface area contributed by atoms with Crippen molar-refractivity contribution in [2.24, 2.45) is 0 Å². The molecule has 0 spiro atoms. The highest BCUT2D eigenvalue weighted by molar-refractivity contribution is 4.93. The van der Waals surface area contributed by atoms with Crippen molar-refractivity contribution in [3.63, 3.8) is 0 Å². The van der Waals surface area contributed by atoms with E-state index in [9.17, 15) is 35.7 Å². The minimum absolute atomic E-state index is 0.667. The van der Waals surface area contributed by atoms with Gasteiger partial charge < -0.3 is 55.1 Å². The molecule has 8 N–H and O–H groups in total. The highest BCUT2D eigenvalue weighted by Crippen LogP contribution is 2.28. The molecule has 2 fully saturated rings. The molecule has 0 bridgehead atoms. The SMILES string of the molecule is OC[C@H]1O[C@H](O)[C@H](O)[C@@H](O)C1O[C@H]1O[C@H](CO)[C@H](O)[C@H](O)[C@H]1O. The fraction of sp³-hybridized carbons (Fsp3) is 1.00. The molecule has 2 rings (SSSR count). The smallest absolute Gasteiger partial charge is 0.187 e. The van der Waals surface area contributed by atoms with Gasteiger partial charge in [-0.05, 0) is 0 Å². The number of aliphatic hydroxyl groups excluding tert-OH is 8. The van der Waals surface area contributed by atoms with Crippen molar-refractivity contribution in [1.29, 1.82) is 0 Å². The van der Waals surface area contributed by atoms with Crippen LogP contribution in [0.25, 0.3) is 0 Å². The number of hydrogen-bond donors (Lipinski definition) is 8. The van der Waals surface area contributed by atoms with Gasteiger partial charge in [-0.3, -0.25) is 0 Å². The fourth-order valence-electron chi connectivity index (χ4n) is 2.57. The van der Waals surface area contributed by atoms with E-state index >= 15 is 0 Å². The van der Waals surface area contributed by atoms with Gasteiger partial charge in [-0.2, -0.15) is 0 Å². The van der Waals surface area contributed by atoms with Crippen LogP contribution in [-0.2, 0) is 14.2 Å². The molecule has 0 amide bonds. The zero-order chi connectivity index (χ0) is 17.3. The minimum Gasteiger partial charge on any atom is -0.394 e. The maximum atomic E-state index is 9.94. The lowest BCUT2D eigenvalue weighted by atomic mass is 9.97. The van der Waals surface area contributed by atoms with Crippen LogP contribution in [0.1, 0.15) is 0 Å². The van der Waals surface area contributed by atoms with E-state index in [1.807, 2.05) is 0 Å². The first-order chi connectivity index (χ1) is 10.8. The van der Waals surface area contributed by atoms with E-state index in [0.717, 1.165) is 0 Å². The van der Waals surface area contributed by atoms with Gasteiger partial charge in [-0.15, -0.1) is 0 Å². The Labute approximate surface area is 130 Å². The van der Waals surface area contributed by atoms with Crippen LogP contribution < -0.4 is 0 Å². The Morgan fingerprint density at radius 3 is 1.83 bits per heavy atom. The van der Waals surface area contributed by atoms with E-state index in [-0.39, 0.29) is 0 Å². The second-order valence-electron chi connectivity index (χ2n) is 5.53. The Kier molecular flexibility index (Phi) is 6.27. The number of rotatable bonds is 4. The summed E-state index contributed by atoms with van der Waals surface area (Å²) in [6.07, 6.45) is -15.6.